The van der Waals surface area contributed by atoms with Crippen LogP contribution in [0.4, 0.5) is 4.39 Å². The maximum absolute atomic E-state index is 13.0. The summed E-state index contributed by atoms with van der Waals surface area (Å²) in [4.78, 5) is 0. The molecule has 158 valence electrons. The van der Waals surface area contributed by atoms with E-state index in [0.717, 1.165) is 34.1 Å². The molecule has 30 heavy (non-hydrogen) atoms. The van der Waals surface area contributed by atoms with Crippen molar-refractivity contribution in [2.75, 3.05) is 13.2 Å². The molecule has 0 saturated carbocycles. The molecule has 6 heteroatoms. The van der Waals surface area contributed by atoms with Gasteiger partial charge in [-0.3, -0.25) is 0 Å². The van der Waals surface area contributed by atoms with E-state index in [2.05, 4.69) is 21.2 Å². The second kappa shape index (κ2) is 11.3. The van der Waals surface area contributed by atoms with Crippen LogP contribution in [-0.2, 0) is 19.6 Å². The lowest BCUT2D eigenvalue weighted by atomic mass is 10.1. The second-order valence-corrected chi connectivity index (χ2v) is 8.10. The molecule has 0 unspecified atom stereocenters. The van der Waals surface area contributed by atoms with Gasteiger partial charge in [-0.1, -0.05) is 35.9 Å². The van der Waals surface area contributed by atoms with Gasteiger partial charge in [0, 0.05) is 11.6 Å². The maximum Gasteiger partial charge on any atom is 0.175 e. The molecular formula is C24H24BrClFNO2. The molecule has 0 aliphatic heterocycles. The predicted molar refractivity (Wildman–Crippen MR) is 123 cm³/mol. The van der Waals surface area contributed by atoms with E-state index in [1.165, 1.54) is 12.1 Å². The molecule has 0 atom stereocenters. The zero-order valence-corrected chi connectivity index (χ0v) is 19.1. The third-order valence-electron chi connectivity index (χ3n) is 4.47. The van der Waals surface area contributed by atoms with Crippen molar-refractivity contribution in [3.8, 4) is 11.5 Å². The van der Waals surface area contributed by atoms with Crippen molar-refractivity contribution >= 4 is 27.5 Å². The van der Waals surface area contributed by atoms with Gasteiger partial charge in [0.25, 0.3) is 0 Å². The van der Waals surface area contributed by atoms with Crippen molar-refractivity contribution in [1.29, 1.82) is 0 Å². The summed E-state index contributed by atoms with van der Waals surface area (Å²) in [7, 11) is 0. The molecule has 3 aromatic carbocycles. The molecule has 1 N–H and O–H groups in total. The molecule has 0 aromatic heterocycles. The van der Waals surface area contributed by atoms with Gasteiger partial charge in [-0.25, -0.2) is 4.39 Å². The van der Waals surface area contributed by atoms with Crippen molar-refractivity contribution in [3.05, 3.63) is 92.7 Å². The monoisotopic (exact) mass is 491 g/mol. The Hall–Kier alpha value is -2.08. The lowest BCUT2D eigenvalue weighted by Gasteiger charge is -2.16. The molecule has 0 radical (unpaired) electrons. The highest BCUT2D eigenvalue weighted by Gasteiger charge is 2.13. The fourth-order valence-corrected chi connectivity index (χ4v) is 3.84. The van der Waals surface area contributed by atoms with Crippen LogP contribution < -0.4 is 14.8 Å². The highest BCUT2D eigenvalue weighted by atomic mass is 79.9. The Morgan fingerprint density at radius 2 is 1.77 bits per heavy atom. The molecule has 0 aliphatic carbocycles. The summed E-state index contributed by atoms with van der Waals surface area (Å²) in [6.45, 7) is 4.37. The Morgan fingerprint density at radius 3 is 2.50 bits per heavy atom. The lowest BCUT2D eigenvalue weighted by molar-refractivity contribution is 0.267. The number of rotatable bonds is 10. The Morgan fingerprint density at radius 1 is 0.967 bits per heavy atom. The molecule has 0 bridgehead atoms. The van der Waals surface area contributed by atoms with Gasteiger partial charge in [-0.2, -0.15) is 0 Å². The van der Waals surface area contributed by atoms with Gasteiger partial charge in [0.2, 0.25) is 0 Å². The summed E-state index contributed by atoms with van der Waals surface area (Å²) in [6.07, 6.45) is 0.834. The van der Waals surface area contributed by atoms with Crippen molar-refractivity contribution in [3.63, 3.8) is 0 Å². The van der Waals surface area contributed by atoms with E-state index < -0.39 is 0 Å². The van der Waals surface area contributed by atoms with Crippen LogP contribution in [0.5, 0.6) is 11.5 Å². The smallest absolute Gasteiger partial charge is 0.175 e. The first kappa shape index (κ1) is 22.6. The van der Waals surface area contributed by atoms with Crippen LogP contribution in [0.1, 0.15) is 23.6 Å². The summed E-state index contributed by atoms with van der Waals surface area (Å²) >= 11 is 9.67. The van der Waals surface area contributed by atoms with Crippen LogP contribution in [0.3, 0.4) is 0 Å². The third-order valence-corrected chi connectivity index (χ3v) is 5.30. The zero-order valence-electron chi connectivity index (χ0n) is 16.8. The summed E-state index contributed by atoms with van der Waals surface area (Å²) in [5, 5.41) is 4.10. The zero-order chi connectivity index (χ0) is 21.3. The highest BCUT2D eigenvalue weighted by molar-refractivity contribution is 9.10. The van der Waals surface area contributed by atoms with E-state index in [4.69, 9.17) is 21.1 Å². The van der Waals surface area contributed by atoms with Crippen molar-refractivity contribution in [2.24, 2.45) is 0 Å². The summed E-state index contributed by atoms with van der Waals surface area (Å²) in [6, 6.07) is 18.2. The molecule has 0 fully saturated rings. The Labute approximate surface area is 190 Å². The standard InChI is InChI=1S/C24H24BrClFNO2/c1-2-29-23-14-19(15-28-11-10-17-6-8-21(27)9-7-17)13-22(25)24(23)30-16-18-4-3-5-20(26)12-18/h3-9,12-14,28H,2,10-11,15-16H2,1H3. The second-order valence-electron chi connectivity index (χ2n) is 6.81. The van der Waals surface area contributed by atoms with E-state index in [-0.39, 0.29) is 5.82 Å². The van der Waals surface area contributed by atoms with Crippen LogP contribution in [0.25, 0.3) is 0 Å². The molecule has 3 aromatic rings. The Bertz CT molecular complexity index is 966. The molecule has 3 nitrogen and oxygen atoms in total. The molecule has 0 heterocycles. The molecule has 0 aliphatic rings. The van der Waals surface area contributed by atoms with Crippen molar-refractivity contribution < 1.29 is 13.9 Å². The Balaban J connectivity index is 1.61. The number of hydrogen-bond donors (Lipinski definition) is 1. The predicted octanol–water partition coefficient (Wildman–Crippen LogP) is 6.55. The van der Waals surface area contributed by atoms with E-state index in [9.17, 15) is 4.39 Å². The van der Waals surface area contributed by atoms with Gasteiger partial charge in [-0.05, 0) is 88.9 Å². The first-order valence-electron chi connectivity index (χ1n) is 9.82. The first-order chi connectivity index (χ1) is 14.5. The highest BCUT2D eigenvalue weighted by Crippen LogP contribution is 2.37. The van der Waals surface area contributed by atoms with E-state index in [0.29, 0.717) is 36.3 Å². The lowest BCUT2D eigenvalue weighted by Crippen LogP contribution is -2.17. The van der Waals surface area contributed by atoms with E-state index >= 15 is 0 Å². The fraction of sp³-hybridized carbons (Fsp3) is 0.250. The van der Waals surface area contributed by atoms with Crippen LogP contribution in [-0.4, -0.2) is 13.2 Å². The summed E-state index contributed by atoms with van der Waals surface area (Å²) in [5.41, 5.74) is 3.17. The fourth-order valence-electron chi connectivity index (χ4n) is 3.03. The molecule has 0 saturated heterocycles. The third kappa shape index (κ3) is 6.73. The van der Waals surface area contributed by atoms with Gasteiger partial charge >= 0.3 is 0 Å². The average molecular weight is 493 g/mol. The van der Waals surface area contributed by atoms with Crippen molar-refractivity contribution in [2.45, 2.75) is 26.5 Å². The van der Waals surface area contributed by atoms with Crippen molar-refractivity contribution in [1.82, 2.24) is 5.32 Å². The van der Waals surface area contributed by atoms with Gasteiger partial charge in [0.15, 0.2) is 11.5 Å². The van der Waals surface area contributed by atoms with Crippen LogP contribution in [0.15, 0.2) is 65.1 Å². The van der Waals surface area contributed by atoms with Gasteiger partial charge in [0.1, 0.15) is 12.4 Å². The maximum atomic E-state index is 13.0. The van der Waals surface area contributed by atoms with E-state index in [1.54, 1.807) is 0 Å². The minimum Gasteiger partial charge on any atom is -0.490 e. The average Bonchev–Trinajstić information content (AvgIpc) is 2.72. The van der Waals surface area contributed by atoms with Gasteiger partial charge < -0.3 is 14.8 Å². The number of ether oxygens (including phenoxy) is 2. The SMILES string of the molecule is CCOc1cc(CNCCc2ccc(F)cc2)cc(Br)c1OCc1cccc(Cl)c1. The molecule has 3 rings (SSSR count). The van der Waals surface area contributed by atoms with Crippen LogP contribution in [0, 0.1) is 5.82 Å². The number of halogens is 3. The number of benzene rings is 3. The molecular weight excluding hydrogens is 469 g/mol. The van der Waals surface area contributed by atoms with Crippen LogP contribution in [0.2, 0.25) is 5.02 Å². The normalized spacial score (nSPS) is 10.8. The summed E-state index contributed by atoms with van der Waals surface area (Å²) in [5.74, 6) is 1.16. The minimum absolute atomic E-state index is 0.210. The number of nitrogens with one attached hydrogen (secondary N) is 1. The first-order valence-corrected chi connectivity index (χ1v) is 11.0. The topological polar surface area (TPSA) is 30.5 Å². The number of hydrogen-bond acceptors (Lipinski definition) is 3. The van der Waals surface area contributed by atoms with Gasteiger partial charge in [-0.15, -0.1) is 0 Å². The summed E-state index contributed by atoms with van der Waals surface area (Å²) < 4.78 is 25.7. The Kier molecular flexibility index (Phi) is 8.55. The quantitative estimate of drug-likeness (QED) is 0.325. The van der Waals surface area contributed by atoms with Gasteiger partial charge in [0.05, 0.1) is 11.1 Å². The van der Waals surface area contributed by atoms with E-state index in [1.807, 2.05) is 55.5 Å². The minimum atomic E-state index is -0.210. The van der Waals surface area contributed by atoms with Crippen LogP contribution >= 0.6 is 27.5 Å². The molecule has 0 amide bonds. The largest absolute Gasteiger partial charge is 0.490 e. The molecule has 0 spiro atoms.